The third kappa shape index (κ3) is 2.82. The molecule has 3 nitrogen and oxygen atoms in total. The summed E-state index contributed by atoms with van der Waals surface area (Å²) in [5.41, 5.74) is 0.0306. The number of rotatable bonds is 3. The van der Waals surface area contributed by atoms with Gasteiger partial charge in [-0.2, -0.15) is 0 Å². The highest BCUT2D eigenvalue weighted by Crippen LogP contribution is 2.19. The van der Waals surface area contributed by atoms with Crippen LogP contribution < -0.4 is 5.32 Å². The minimum Gasteiger partial charge on any atom is -0.340 e. The number of hydrogen-bond acceptors (Lipinski definition) is 2. The molecule has 0 radical (unpaired) electrons. The van der Waals surface area contributed by atoms with Crippen molar-refractivity contribution in [1.82, 2.24) is 10.2 Å². The Hall–Kier alpha value is -1.13. The molecular weight excluding hydrogens is 255 g/mol. The van der Waals surface area contributed by atoms with Crippen molar-refractivity contribution in [3.63, 3.8) is 0 Å². The second-order valence-corrected chi connectivity index (χ2v) is 4.99. The molecule has 1 heterocycles. The first-order valence-corrected chi connectivity index (χ1v) is 6.40. The minimum absolute atomic E-state index is 0.0201. The highest BCUT2D eigenvalue weighted by Gasteiger charge is 2.22. The summed E-state index contributed by atoms with van der Waals surface area (Å²) in [5.74, 6) is -0.973. The number of nitrogens with zero attached hydrogens (tertiary/aromatic N) is 1. The van der Waals surface area contributed by atoms with Crippen molar-refractivity contribution in [2.45, 2.75) is 18.9 Å². The molecule has 0 bridgehead atoms. The van der Waals surface area contributed by atoms with Gasteiger partial charge in [0, 0.05) is 19.6 Å². The maximum Gasteiger partial charge on any atom is 0.256 e. The predicted octanol–water partition coefficient (Wildman–Crippen LogP) is 2.30. The van der Waals surface area contributed by atoms with Crippen molar-refractivity contribution in [2.75, 3.05) is 20.1 Å². The lowest BCUT2D eigenvalue weighted by molar-refractivity contribution is 0.0779. The number of carbonyl (C=O) groups is 1. The standard InChI is InChI=1S/C13H16ClFN2O/c1-17(8-9-4-3-7-16-9)13(18)10-5-2-6-11(14)12(10)15/h2,5-6,9,16H,3-4,7-8H2,1H3. The van der Waals surface area contributed by atoms with Gasteiger partial charge in [-0.25, -0.2) is 4.39 Å². The highest BCUT2D eigenvalue weighted by atomic mass is 35.5. The number of benzene rings is 1. The van der Waals surface area contributed by atoms with Gasteiger partial charge in [0.05, 0.1) is 10.6 Å². The van der Waals surface area contributed by atoms with E-state index < -0.39 is 5.82 Å². The van der Waals surface area contributed by atoms with E-state index in [1.807, 2.05) is 0 Å². The Morgan fingerprint density at radius 3 is 3.06 bits per heavy atom. The van der Waals surface area contributed by atoms with Gasteiger partial charge in [-0.15, -0.1) is 0 Å². The molecule has 0 aliphatic carbocycles. The summed E-state index contributed by atoms with van der Waals surface area (Å²) in [6.07, 6.45) is 2.17. The van der Waals surface area contributed by atoms with Crippen LogP contribution in [0.2, 0.25) is 5.02 Å². The van der Waals surface area contributed by atoms with Crippen molar-refractivity contribution in [3.8, 4) is 0 Å². The van der Waals surface area contributed by atoms with Gasteiger partial charge in [0.2, 0.25) is 0 Å². The quantitative estimate of drug-likeness (QED) is 0.914. The van der Waals surface area contributed by atoms with Crippen LogP contribution in [0, 0.1) is 5.82 Å². The number of nitrogens with one attached hydrogen (secondary N) is 1. The fraction of sp³-hybridized carbons (Fsp3) is 0.462. The average molecular weight is 271 g/mol. The number of hydrogen-bond donors (Lipinski definition) is 1. The van der Waals surface area contributed by atoms with E-state index in [1.54, 1.807) is 13.1 Å². The molecule has 5 heteroatoms. The summed E-state index contributed by atoms with van der Waals surface area (Å²) >= 11 is 5.67. The van der Waals surface area contributed by atoms with E-state index >= 15 is 0 Å². The average Bonchev–Trinajstić information content (AvgIpc) is 2.84. The monoisotopic (exact) mass is 270 g/mol. The maximum absolute atomic E-state index is 13.7. The van der Waals surface area contributed by atoms with E-state index in [4.69, 9.17) is 11.6 Å². The van der Waals surface area contributed by atoms with Crippen LogP contribution in [-0.4, -0.2) is 37.0 Å². The van der Waals surface area contributed by atoms with E-state index in [0.29, 0.717) is 12.6 Å². The fourth-order valence-electron chi connectivity index (χ4n) is 2.20. The van der Waals surface area contributed by atoms with Gasteiger partial charge in [0.1, 0.15) is 0 Å². The maximum atomic E-state index is 13.7. The van der Waals surface area contributed by atoms with Gasteiger partial charge in [0.15, 0.2) is 5.82 Å². The Bertz CT molecular complexity index is 447. The number of likely N-dealkylation sites (N-methyl/N-ethyl adjacent to an activating group) is 1. The van der Waals surface area contributed by atoms with Crippen LogP contribution in [0.1, 0.15) is 23.2 Å². The zero-order chi connectivity index (χ0) is 13.1. The molecule has 0 spiro atoms. The van der Waals surface area contributed by atoms with Gasteiger partial charge >= 0.3 is 0 Å². The molecule has 18 heavy (non-hydrogen) atoms. The highest BCUT2D eigenvalue weighted by molar-refractivity contribution is 6.31. The molecule has 1 N–H and O–H groups in total. The molecule has 0 saturated carbocycles. The summed E-state index contributed by atoms with van der Waals surface area (Å²) in [5, 5.41) is 3.29. The number of amides is 1. The van der Waals surface area contributed by atoms with E-state index in [2.05, 4.69) is 5.32 Å². The fourth-order valence-corrected chi connectivity index (χ4v) is 2.38. The van der Waals surface area contributed by atoms with Crippen LogP contribution in [0.15, 0.2) is 18.2 Å². The van der Waals surface area contributed by atoms with Crippen molar-refractivity contribution in [2.24, 2.45) is 0 Å². The molecule has 2 rings (SSSR count). The Labute approximate surface area is 111 Å². The third-order valence-corrected chi connectivity index (χ3v) is 3.48. The summed E-state index contributed by atoms with van der Waals surface area (Å²) in [7, 11) is 1.68. The smallest absolute Gasteiger partial charge is 0.256 e. The Morgan fingerprint density at radius 1 is 1.61 bits per heavy atom. The molecule has 98 valence electrons. The molecule has 1 aliphatic heterocycles. The Balaban J connectivity index is 2.07. The first kappa shape index (κ1) is 13.3. The summed E-state index contributed by atoms with van der Waals surface area (Å²) in [6, 6.07) is 4.79. The van der Waals surface area contributed by atoms with E-state index in [9.17, 15) is 9.18 Å². The topological polar surface area (TPSA) is 32.3 Å². The van der Waals surface area contributed by atoms with Crippen LogP contribution >= 0.6 is 11.6 Å². The van der Waals surface area contributed by atoms with E-state index in [1.165, 1.54) is 17.0 Å². The molecule has 1 aliphatic rings. The van der Waals surface area contributed by atoms with Crippen molar-refractivity contribution < 1.29 is 9.18 Å². The molecule has 1 amide bonds. The summed E-state index contributed by atoms with van der Waals surface area (Å²) in [4.78, 5) is 13.6. The van der Waals surface area contributed by atoms with Gasteiger partial charge in [-0.1, -0.05) is 17.7 Å². The first-order chi connectivity index (χ1) is 8.59. The van der Waals surface area contributed by atoms with Crippen LogP contribution in [0.25, 0.3) is 0 Å². The number of carbonyl (C=O) groups excluding carboxylic acids is 1. The largest absolute Gasteiger partial charge is 0.340 e. The van der Waals surface area contributed by atoms with E-state index in [-0.39, 0.29) is 16.5 Å². The van der Waals surface area contributed by atoms with Gasteiger partial charge < -0.3 is 10.2 Å². The lowest BCUT2D eigenvalue weighted by atomic mass is 10.1. The van der Waals surface area contributed by atoms with E-state index in [0.717, 1.165) is 19.4 Å². The second kappa shape index (κ2) is 5.67. The Kier molecular flexibility index (Phi) is 4.19. The number of halogens is 2. The van der Waals surface area contributed by atoms with Crippen LogP contribution in [0.5, 0.6) is 0 Å². The molecule has 0 aromatic heterocycles. The van der Waals surface area contributed by atoms with Gasteiger partial charge in [0.25, 0.3) is 5.91 Å². The molecule has 1 aromatic rings. The van der Waals surface area contributed by atoms with Crippen molar-refractivity contribution in [3.05, 3.63) is 34.6 Å². The minimum atomic E-state index is -0.643. The molecule has 1 saturated heterocycles. The SMILES string of the molecule is CN(CC1CCCN1)C(=O)c1cccc(Cl)c1F. The zero-order valence-electron chi connectivity index (χ0n) is 10.2. The molecule has 1 atom stereocenters. The summed E-state index contributed by atoms with van der Waals surface area (Å²) < 4.78 is 13.7. The van der Waals surface area contributed by atoms with Gasteiger partial charge in [-0.05, 0) is 31.5 Å². The third-order valence-electron chi connectivity index (χ3n) is 3.19. The van der Waals surface area contributed by atoms with Crippen LogP contribution in [-0.2, 0) is 0 Å². The second-order valence-electron chi connectivity index (χ2n) is 4.58. The van der Waals surface area contributed by atoms with Crippen LogP contribution in [0.3, 0.4) is 0 Å². The van der Waals surface area contributed by atoms with Crippen LogP contribution in [0.4, 0.5) is 4.39 Å². The first-order valence-electron chi connectivity index (χ1n) is 6.02. The van der Waals surface area contributed by atoms with Crippen molar-refractivity contribution in [1.29, 1.82) is 0 Å². The van der Waals surface area contributed by atoms with Gasteiger partial charge in [-0.3, -0.25) is 4.79 Å². The molecular formula is C13H16ClFN2O. The normalized spacial score (nSPS) is 18.9. The predicted molar refractivity (Wildman–Crippen MR) is 69.4 cm³/mol. The lowest BCUT2D eigenvalue weighted by Crippen LogP contribution is -2.38. The lowest BCUT2D eigenvalue weighted by Gasteiger charge is -2.21. The molecule has 1 aromatic carbocycles. The summed E-state index contributed by atoms with van der Waals surface area (Å²) in [6.45, 7) is 1.57. The molecule has 1 fully saturated rings. The zero-order valence-corrected chi connectivity index (χ0v) is 11.0. The molecule has 1 unspecified atom stereocenters. The Morgan fingerprint density at radius 2 is 2.39 bits per heavy atom. The van der Waals surface area contributed by atoms with Crippen molar-refractivity contribution >= 4 is 17.5 Å².